The lowest BCUT2D eigenvalue weighted by Crippen LogP contribution is -2.46. The van der Waals surface area contributed by atoms with Gasteiger partial charge in [-0.1, -0.05) is 24.3 Å². The number of ether oxygens (including phenoxy) is 2. The fourth-order valence-corrected chi connectivity index (χ4v) is 6.92. The van der Waals surface area contributed by atoms with Crippen LogP contribution in [0.4, 0.5) is 10.2 Å². The van der Waals surface area contributed by atoms with Crippen LogP contribution in [0.3, 0.4) is 0 Å². The van der Waals surface area contributed by atoms with E-state index in [2.05, 4.69) is 15.2 Å². The number of hydrogen-bond donors (Lipinski definition) is 1. The van der Waals surface area contributed by atoms with Crippen molar-refractivity contribution in [3.8, 4) is 11.5 Å². The van der Waals surface area contributed by atoms with Crippen LogP contribution in [0.15, 0.2) is 65.7 Å². The number of nitrogens with one attached hydrogen (secondary N) is 1. The number of carbonyl (C=O) groups excluding carboxylic acids is 1. The molecule has 39 heavy (non-hydrogen) atoms. The summed E-state index contributed by atoms with van der Waals surface area (Å²) in [7, 11) is -1.55. The van der Waals surface area contributed by atoms with Crippen LogP contribution in [-0.2, 0) is 20.2 Å². The van der Waals surface area contributed by atoms with Gasteiger partial charge in [-0.25, -0.2) is 17.8 Å². The zero-order valence-corrected chi connectivity index (χ0v) is 22.7. The topological polar surface area (TPSA) is 101 Å². The van der Waals surface area contributed by atoms with E-state index in [4.69, 9.17) is 9.47 Å². The van der Waals surface area contributed by atoms with E-state index in [1.165, 1.54) is 44.7 Å². The molecular weight excluding hydrogens is 523 g/mol. The summed E-state index contributed by atoms with van der Waals surface area (Å²) in [6.45, 7) is 4.15. The van der Waals surface area contributed by atoms with Gasteiger partial charge in [-0.15, -0.1) is 0 Å². The number of fused-ring (bicyclic) bond motifs is 1. The quantitative estimate of drug-likeness (QED) is 0.431. The summed E-state index contributed by atoms with van der Waals surface area (Å²) >= 11 is 0. The molecule has 0 spiro atoms. The lowest BCUT2D eigenvalue weighted by molar-refractivity contribution is -0.121. The normalized spacial score (nSPS) is 19.7. The monoisotopic (exact) mass is 554 g/mol. The molecule has 5 rings (SSSR count). The standard InChI is InChI=1S/C28H31FN4O5S/c1-37-20-7-5-8-22(17-20)39(35,36)33-26-24(18-21(38-2)19-31-26)28(27(33)34,23-9-3-4-10-25(23)29)11-6-14-32-15-12-30-13-16-32/h3-5,7-10,17-19,30H,6,11-16H2,1-2H3. The lowest BCUT2D eigenvalue weighted by atomic mass is 9.72. The molecule has 1 N–H and O–H groups in total. The predicted octanol–water partition coefficient (Wildman–Crippen LogP) is 2.94. The number of piperazine rings is 1. The zero-order valence-electron chi connectivity index (χ0n) is 21.9. The molecule has 0 radical (unpaired) electrons. The molecule has 0 aliphatic carbocycles. The number of hydrogen-bond acceptors (Lipinski definition) is 8. The van der Waals surface area contributed by atoms with Crippen molar-refractivity contribution in [3.05, 3.63) is 77.7 Å². The fraction of sp³-hybridized carbons (Fsp3) is 0.357. The molecule has 1 atom stereocenters. The first-order valence-corrected chi connectivity index (χ1v) is 14.2. The molecule has 1 unspecified atom stereocenters. The minimum absolute atomic E-state index is 0.0611. The number of aromatic nitrogens is 1. The number of rotatable bonds is 9. The van der Waals surface area contributed by atoms with Crippen molar-refractivity contribution in [2.75, 3.05) is 51.2 Å². The third-order valence-electron chi connectivity index (χ3n) is 7.43. The van der Waals surface area contributed by atoms with Gasteiger partial charge in [-0.3, -0.25) is 4.79 Å². The number of halogens is 1. The minimum Gasteiger partial charge on any atom is -0.497 e. The SMILES string of the molecule is COc1cccc(S(=O)(=O)N2C(=O)C(CCCN3CCNCC3)(c3ccccc3F)c3cc(OC)cnc32)c1. The maximum atomic E-state index is 15.6. The largest absolute Gasteiger partial charge is 0.497 e. The number of sulfonamides is 1. The zero-order chi connectivity index (χ0) is 27.6. The molecule has 3 heterocycles. The van der Waals surface area contributed by atoms with Crippen molar-refractivity contribution in [2.45, 2.75) is 23.2 Å². The van der Waals surface area contributed by atoms with E-state index in [0.29, 0.717) is 34.3 Å². The van der Waals surface area contributed by atoms with E-state index in [1.54, 1.807) is 30.3 Å². The number of nitrogens with zero attached hydrogens (tertiary/aromatic N) is 3. The summed E-state index contributed by atoms with van der Waals surface area (Å²) < 4.78 is 54.9. The molecule has 1 fully saturated rings. The molecule has 0 saturated carbocycles. The van der Waals surface area contributed by atoms with Crippen molar-refractivity contribution in [2.24, 2.45) is 0 Å². The Morgan fingerprint density at radius 1 is 1.00 bits per heavy atom. The van der Waals surface area contributed by atoms with Crippen molar-refractivity contribution in [3.63, 3.8) is 0 Å². The number of benzene rings is 2. The molecule has 9 nitrogen and oxygen atoms in total. The van der Waals surface area contributed by atoms with E-state index in [9.17, 15) is 13.2 Å². The molecule has 206 valence electrons. The van der Waals surface area contributed by atoms with Crippen LogP contribution in [0.25, 0.3) is 0 Å². The summed E-state index contributed by atoms with van der Waals surface area (Å²) in [4.78, 5) is 21.1. The maximum absolute atomic E-state index is 15.6. The summed E-state index contributed by atoms with van der Waals surface area (Å²) in [5.41, 5.74) is -1.22. The second kappa shape index (κ2) is 10.9. The molecule has 1 aromatic heterocycles. The second-order valence-electron chi connectivity index (χ2n) is 9.58. The van der Waals surface area contributed by atoms with Gasteiger partial charge in [0, 0.05) is 43.4 Å². The molecule has 1 saturated heterocycles. The number of pyridine rings is 1. The Morgan fingerprint density at radius 3 is 2.46 bits per heavy atom. The van der Waals surface area contributed by atoms with E-state index in [0.717, 1.165) is 26.2 Å². The van der Waals surface area contributed by atoms with E-state index in [1.807, 2.05) is 0 Å². The Kier molecular flexibility index (Phi) is 7.57. The molecule has 2 aromatic carbocycles. The number of methoxy groups -OCH3 is 2. The van der Waals surface area contributed by atoms with Crippen molar-refractivity contribution in [1.29, 1.82) is 0 Å². The van der Waals surface area contributed by atoms with Crippen LogP contribution in [-0.4, -0.2) is 71.2 Å². The van der Waals surface area contributed by atoms with Gasteiger partial charge >= 0.3 is 0 Å². The predicted molar refractivity (Wildman–Crippen MR) is 144 cm³/mol. The van der Waals surface area contributed by atoms with Gasteiger partial charge in [0.05, 0.1) is 25.3 Å². The summed E-state index contributed by atoms with van der Waals surface area (Å²) in [6, 6.07) is 13.5. The van der Waals surface area contributed by atoms with Gasteiger partial charge in [-0.2, -0.15) is 4.31 Å². The van der Waals surface area contributed by atoms with Crippen LogP contribution in [0.2, 0.25) is 0 Å². The Bertz CT molecular complexity index is 1480. The molecule has 1 amide bonds. The van der Waals surface area contributed by atoms with Crippen LogP contribution < -0.4 is 19.1 Å². The Hall–Kier alpha value is -3.54. The molecule has 2 aliphatic heterocycles. The van der Waals surface area contributed by atoms with Crippen LogP contribution in [0, 0.1) is 5.82 Å². The highest BCUT2D eigenvalue weighted by atomic mass is 32.2. The highest BCUT2D eigenvalue weighted by Gasteiger charge is 2.57. The Balaban J connectivity index is 1.67. The van der Waals surface area contributed by atoms with Gasteiger partial charge in [0.1, 0.15) is 22.7 Å². The number of anilines is 1. The summed E-state index contributed by atoms with van der Waals surface area (Å²) in [6.07, 6.45) is 2.07. The van der Waals surface area contributed by atoms with E-state index >= 15 is 4.39 Å². The maximum Gasteiger partial charge on any atom is 0.272 e. The van der Waals surface area contributed by atoms with Crippen molar-refractivity contribution >= 4 is 21.7 Å². The van der Waals surface area contributed by atoms with Crippen molar-refractivity contribution < 1.29 is 27.1 Å². The molecule has 3 aromatic rings. The van der Waals surface area contributed by atoms with Crippen LogP contribution in [0.5, 0.6) is 11.5 Å². The smallest absolute Gasteiger partial charge is 0.272 e. The van der Waals surface area contributed by atoms with Crippen LogP contribution >= 0.6 is 0 Å². The average molecular weight is 555 g/mol. The molecular formula is C28H31FN4O5S. The minimum atomic E-state index is -4.43. The first-order chi connectivity index (χ1) is 18.8. The van der Waals surface area contributed by atoms with E-state index in [-0.39, 0.29) is 22.7 Å². The highest BCUT2D eigenvalue weighted by molar-refractivity contribution is 7.93. The highest BCUT2D eigenvalue weighted by Crippen LogP contribution is 2.51. The van der Waals surface area contributed by atoms with Gasteiger partial charge in [0.2, 0.25) is 0 Å². The lowest BCUT2D eigenvalue weighted by Gasteiger charge is -2.32. The van der Waals surface area contributed by atoms with Crippen molar-refractivity contribution in [1.82, 2.24) is 15.2 Å². The Morgan fingerprint density at radius 2 is 1.74 bits per heavy atom. The van der Waals surface area contributed by atoms with Gasteiger partial charge < -0.3 is 19.7 Å². The molecule has 0 bridgehead atoms. The third kappa shape index (κ3) is 4.75. The first-order valence-electron chi connectivity index (χ1n) is 12.8. The van der Waals surface area contributed by atoms with E-state index < -0.39 is 27.2 Å². The fourth-order valence-electron chi connectivity index (χ4n) is 5.45. The van der Waals surface area contributed by atoms with Crippen LogP contribution in [0.1, 0.15) is 24.0 Å². The number of carbonyl (C=O) groups is 1. The van der Waals surface area contributed by atoms with Gasteiger partial charge in [-0.05, 0) is 43.7 Å². The molecule has 11 heteroatoms. The third-order valence-corrected chi connectivity index (χ3v) is 9.10. The summed E-state index contributed by atoms with van der Waals surface area (Å²) in [5.74, 6) is -0.769. The van der Waals surface area contributed by atoms with Gasteiger partial charge in [0.25, 0.3) is 15.9 Å². The number of amides is 1. The Labute approximate surface area is 227 Å². The van der Waals surface area contributed by atoms with Gasteiger partial charge in [0.15, 0.2) is 5.82 Å². The summed E-state index contributed by atoms with van der Waals surface area (Å²) in [5, 5.41) is 3.32. The average Bonchev–Trinajstić information content (AvgIpc) is 3.21. The molecule has 2 aliphatic rings. The first kappa shape index (κ1) is 27.0. The second-order valence-corrected chi connectivity index (χ2v) is 11.4.